The number of methoxy groups -OCH3 is 1. The number of anilines is 2. The molecule has 0 aliphatic carbocycles. The molecule has 0 radical (unpaired) electrons. The molecule has 0 saturated carbocycles. The molecule has 0 spiro atoms. The molecule has 0 aliphatic heterocycles. The molecule has 3 amide bonds. The second-order valence-corrected chi connectivity index (χ2v) is 14.9. The van der Waals surface area contributed by atoms with Crippen LogP contribution in [0.15, 0.2) is 77.9 Å². The summed E-state index contributed by atoms with van der Waals surface area (Å²) in [6.07, 6.45) is 3.51. The average molecular weight is 849 g/mol. The van der Waals surface area contributed by atoms with Gasteiger partial charge in [-0.3, -0.25) is 24.0 Å². The van der Waals surface area contributed by atoms with E-state index in [0.29, 0.717) is 33.0 Å². The van der Waals surface area contributed by atoms with Gasteiger partial charge in [0.1, 0.15) is 24.3 Å². The second-order valence-electron chi connectivity index (χ2n) is 13.0. The number of halogens is 3. The van der Waals surface area contributed by atoms with Crippen molar-refractivity contribution in [3.05, 3.63) is 105 Å². The van der Waals surface area contributed by atoms with Crippen molar-refractivity contribution in [2.45, 2.75) is 68.1 Å². The third-order valence-corrected chi connectivity index (χ3v) is 10.1. The summed E-state index contributed by atoms with van der Waals surface area (Å²) in [6.45, 7) is 18.4. The maximum absolute atomic E-state index is 12.1. The number of hydrogen-bond acceptors (Lipinski definition) is 7. The standard InChI is InChI=1S/C16H22ClNO2.C14H16ClN3O.C12H18ClNO2S/c1-4-20-11-10-18(15(19)12-17)16(13(2)3)14-8-6-5-7-9-14;1-11-5-3-6-12(2)14(11)18(13(19)9-15)10-17-8-4-7-16-17;1-8-7-17-10(3)12(8)14(11(15)5-13)9(2)6-16-4/h5-9H,4,10-12H2,1-3H3;3-8H,9-10H2,1-2H3;7,9H,5-6H2,1-4H3. The Balaban J connectivity index is 0.000000291. The molecule has 1 atom stereocenters. The largest absolute Gasteiger partial charge is 0.383 e. The molecule has 4 aromatic rings. The summed E-state index contributed by atoms with van der Waals surface area (Å²) >= 11 is 18.8. The summed E-state index contributed by atoms with van der Waals surface area (Å²) in [7, 11) is 1.63. The normalized spacial score (nSPS) is 11.0. The van der Waals surface area contributed by atoms with Crippen LogP contribution < -0.4 is 9.80 Å². The first-order valence-electron chi connectivity index (χ1n) is 18.3. The van der Waals surface area contributed by atoms with Crippen LogP contribution in [0.3, 0.4) is 0 Å². The Hall–Kier alpha value is -3.71. The van der Waals surface area contributed by atoms with E-state index < -0.39 is 0 Å². The molecule has 2 heterocycles. The third kappa shape index (κ3) is 14.3. The van der Waals surface area contributed by atoms with Crippen LogP contribution in [0.5, 0.6) is 0 Å². The molecule has 10 nitrogen and oxygen atoms in total. The van der Waals surface area contributed by atoms with Crippen molar-refractivity contribution in [2.75, 3.05) is 60.9 Å². The van der Waals surface area contributed by atoms with Crippen molar-refractivity contribution < 1.29 is 23.9 Å². The fraction of sp³-hybridized carbons (Fsp3) is 0.429. The minimum absolute atomic E-state index is 0.0111. The number of ether oxygens (including phenoxy) is 2. The topological polar surface area (TPSA) is 97.2 Å². The Morgan fingerprint density at radius 3 is 1.95 bits per heavy atom. The van der Waals surface area contributed by atoms with Gasteiger partial charge in [-0.1, -0.05) is 54.1 Å². The Labute approximate surface area is 351 Å². The molecule has 306 valence electrons. The summed E-state index contributed by atoms with van der Waals surface area (Å²) in [5, 5.41) is 6.19. The highest BCUT2D eigenvalue weighted by molar-refractivity contribution is 7.10. The second kappa shape index (κ2) is 25.5. The summed E-state index contributed by atoms with van der Waals surface area (Å²) in [5.74, 6) is -0.407. The molecule has 4 rings (SSSR count). The van der Waals surface area contributed by atoms with Gasteiger partial charge in [0, 0.05) is 43.2 Å². The molecule has 0 fully saturated rings. The third-order valence-electron chi connectivity index (χ3n) is 8.43. The highest BCUT2D eigenvalue weighted by Crippen LogP contribution is 2.32. The molecule has 56 heavy (non-hydrogen) atoms. The van der Waals surface area contributed by atoms with Crippen LogP contribution in [0.1, 0.15) is 54.8 Å². The van der Waals surface area contributed by atoms with Crippen molar-refractivity contribution in [1.29, 1.82) is 0 Å². The fourth-order valence-corrected chi connectivity index (χ4v) is 7.30. The molecule has 2 aromatic heterocycles. The zero-order chi connectivity index (χ0) is 41.8. The Morgan fingerprint density at radius 2 is 1.46 bits per heavy atom. The van der Waals surface area contributed by atoms with Crippen molar-refractivity contribution in [3.8, 4) is 0 Å². The molecule has 1 unspecified atom stereocenters. The maximum Gasteiger partial charge on any atom is 0.243 e. The minimum atomic E-state index is -0.130. The van der Waals surface area contributed by atoms with Gasteiger partial charge in [0.15, 0.2) is 0 Å². The first-order valence-corrected chi connectivity index (χ1v) is 20.7. The molecule has 0 N–H and O–H groups in total. The molecule has 2 aromatic carbocycles. The number of thiophene rings is 1. The van der Waals surface area contributed by atoms with E-state index in [0.717, 1.165) is 49.8 Å². The summed E-state index contributed by atoms with van der Waals surface area (Å²) < 4.78 is 12.2. The number of carbonyl (C=O) groups is 3. The average Bonchev–Trinajstić information content (AvgIpc) is 3.83. The first kappa shape index (κ1) is 48.4. The van der Waals surface area contributed by atoms with Crippen LogP contribution in [0.4, 0.5) is 11.4 Å². The number of alkyl halides is 3. The Bertz CT molecular complexity index is 1790. The van der Waals surface area contributed by atoms with Crippen LogP contribution in [-0.4, -0.2) is 89.6 Å². The van der Waals surface area contributed by atoms with Crippen LogP contribution in [0, 0.1) is 27.7 Å². The number of aryl methyl sites for hydroxylation is 4. The monoisotopic (exact) mass is 847 g/mol. The lowest BCUT2D eigenvalue weighted by atomic mass is 10.1. The summed E-state index contributed by atoms with van der Waals surface area (Å²) in [5.41, 5.74) is 8.09. The van der Waals surface area contributed by atoms with Crippen molar-refractivity contribution in [1.82, 2.24) is 14.7 Å². The van der Waals surface area contributed by atoms with E-state index in [1.807, 2.05) is 116 Å². The predicted molar refractivity (Wildman–Crippen MR) is 233 cm³/mol. The molecule has 0 bridgehead atoms. The van der Waals surface area contributed by atoms with Crippen LogP contribution in [-0.2, 0) is 30.5 Å². The number of hydrogen-bond donors (Lipinski definition) is 0. The minimum Gasteiger partial charge on any atom is -0.383 e. The lowest BCUT2D eigenvalue weighted by molar-refractivity contribution is -0.126. The van der Waals surface area contributed by atoms with Crippen molar-refractivity contribution in [2.24, 2.45) is 0 Å². The van der Waals surface area contributed by atoms with E-state index in [4.69, 9.17) is 44.3 Å². The number of benzene rings is 2. The number of carbonyl (C=O) groups excluding carboxylic acids is 3. The van der Waals surface area contributed by atoms with Crippen LogP contribution in [0.2, 0.25) is 0 Å². The van der Waals surface area contributed by atoms with E-state index in [-0.39, 0.29) is 41.4 Å². The van der Waals surface area contributed by atoms with Gasteiger partial charge in [0.05, 0.1) is 30.6 Å². The molecule has 14 heteroatoms. The van der Waals surface area contributed by atoms with Gasteiger partial charge in [0.2, 0.25) is 17.7 Å². The lowest BCUT2D eigenvalue weighted by Gasteiger charge is -2.29. The quantitative estimate of drug-likeness (QED) is 0.0825. The number of aromatic nitrogens is 2. The van der Waals surface area contributed by atoms with Gasteiger partial charge in [-0.2, -0.15) is 5.10 Å². The van der Waals surface area contributed by atoms with Gasteiger partial charge in [-0.25, -0.2) is 0 Å². The zero-order valence-corrected chi connectivity index (χ0v) is 37.1. The predicted octanol–water partition coefficient (Wildman–Crippen LogP) is 9.24. The SMILES string of the molecule is CCOCCN(C(=O)CCl)C(=C(C)C)c1ccccc1.COCC(C)N(C(=O)CCl)c1c(C)csc1C.Cc1cccc(C)c1N(Cn1cccn1)C(=O)CCl. The smallest absolute Gasteiger partial charge is 0.243 e. The van der Waals surface area contributed by atoms with E-state index in [1.165, 1.54) is 0 Å². The van der Waals surface area contributed by atoms with Gasteiger partial charge < -0.3 is 19.3 Å². The molecular formula is C42H56Cl3N5O5S. The fourth-order valence-electron chi connectivity index (χ4n) is 6.05. The molecular weight excluding hydrogens is 793 g/mol. The summed E-state index contributed by atoms with van der Waals surface area (Å²) in [4.78, 5) is 42.5. The number of nitrogens with zero attached hydrogens (tertiary/aromatic N) is 5. The Morgan fingerprint density at radius 1 is 0.839 bits per heavy atom. The lowest BCUT2D eigenvalue weighted by Crippen LogP contribution is -2.42. The van der Waals surface area contributed by atoms with Crippen molar-refractivity contribution in [3.63, 3.8) is 0 Å². The van der Waals surface area contributed by atoms with Gasteiger partial charge in [-0.15, -0.1) is 46.1 Å². The number of para-hydroxylation sites is 1. The van der Waals surface area contributed by atoms with Crippen LogP contribution in [0.25, 0.3) is 5.70 Å². The van der Waals surface area contributed by atoms with E-state index in [1.54, 1.807) is 44.0 Å². The number of rotatable bonds is 16. The highest BCUT2D eigenvalue weighted by atomic mass is 35.5. The Kier molecular flexibility index (Phi) is 22.1. The number of allylic oxidation sites excluding steroid dienone is 1. The van der Waals surface area contributed by atoms with Gasteiger partial charge >= 0.3 is 0 Å². The molecule has 0 aliphatic rings. The highest BCUT2D eigenvalue weighted by Gasteiger charge is 2.25. The molecule has 0 saturated heterocycles. The van der Waals surface area contributed by atoms with Gasteiger partial charge in [0.25, 0.3) is 0 Å². The maximum atomic E-state index is 12.1. The van der Waals surface area contributed by atoms with Crippen LogP contribution >= 0.6 is 46.1 Å². The van der Waals surface area contributed by atoms with E-state index in [2.05, 4.69) is 10.5 Å². The van der Waals surface area contributed by atoms with Gasteiger partial charge in [-0.05, 0) is 89.1 Å². The van der Waals surface area contributed by atoms with Crippen molar-refractivity contribution >= 4 is 80.9 Å². The van der Waals surface area contributed by atoms with E-state index in [9.17, 15) is 14.4 Å². The number of amides is 3. The first-order chi connectivity index (χ1) is 26.8. The zero-order valence-electron chi connectivity index (χ0n) is 34.0. The van der Waals surface area contributed by atoms with E-state index >= 15 is 0 Å². The summed E-state index contributed by atoms with van der Waals surface area (Å²) in [6, 6.07) is 17.6.